The molecule has 0 radical (unpaired) electrons. The van der Waals surface area contributed by atoms with Crippen LogP contribution in [0.5, 0.6) is 5.75 Å². The van der Waals surface area contributed by atoms with Crippen molar-refractivity contribution in [3.8, 4) is 5.75 Å². The molecular weight excluding hydrogens is 382 g/mol. The molecule has 2 rings (SSSR count). The average molecular weight is 406 g/mol. The highest BCUT2D eigenvalue weighted by atomic mass is 35.5. The molecule has 0 aliphatic heterocycles. The fraction of sp³-hybridized carbons (Fsp3) is 0.300. The van der Waals surface area contributed by atoms with E-state index in [9.17, 15) is 4.79 Å². The lowest BCUT2D eigenvalue weighted by molar-refractivity contribution is 0.202. The van der Waals surface area contributed by atoms with Gasteiger partial charge >= 0.3 is 6.09 Å². The quantitative estimate of drug-likeness (QED) is 0.275. The maximum absolute atomic E-state index is 11.9. The summed E-state index contributed by atoms with van der Waals surface area (Å²) >= 11 is 7.34. The molecule has 2 aromatic carbocycles. The zero-order valence-corrected chi connectivity index (χ0v) is 17.5. The van der Waals surface area contributed by atoms with E-state index < -0.39 is 6.09 Å². The predicted molar refractivity (Wildman–Crippen MR) is 114 cm³/mol. The number of benzene rings is 2. The van der Waals surface area contributed by atoms with Gasteiger partial charge in [-0.05, 0) is 66.2 Å². The van der Waals surface area contributed by atoms with Crippen molar-refractivity contribution >= 4 is 41.7 Å². The highest BCUT2D eigenvalue weighted by Gasteiger charge is 2.06. The molecule has 7 heteroatoms. The Bertz CT molecular complexity index is 812. The molecule has 2 aromatic rings. The molecule has 0 aliphatic rings. The van der Waals surface area contributed by atoms with Crippen LogP contribution in [0.1, 0.15) is 30.9 Å². The average Bonchev–Trinajstić information content (AvgIpc) is 2.61. The summed E-state index contributed by atoms with van der Waals surface area (Å²) in [6, 6.07) is 13.1. The minimum Gasteiger partial charge on any atom is -0.410 e. The van der Waals surface area contributed by atoms with Crippen molar-refractivity contribution in [1.82, 2.24) is 9.62 Å². The maximum Gasteiger partial charge on any atom is 0.413 e. The number of aryl methyl sites for hydroxylation is 1. The minimum absolute atomic E-state index is 0.366. The zero-order valence-electron chi connectivity index (χ0n) is 15.9. The molecule has 0 aromatic heterocycles. The summed E-state index contributed by atoms with van der Waals surface area (Å²) in [6.45, 7) is 6.15. The topological polar surface area (TPSA) is 53.9 Å². The number of rotatable bonds is 7. The van der Waals surface area contributed by atoms with Crippen molar-refractivity contribution in [3.63, 3.8) is 0 Å². The first-order valence-corrected chi connectivity index (χ1v) is 9.89. The number of nitrogens with one attached hydrogen (secondary N) is 1. The second-order valence-corrected chi connectivity index (χ2v) is 7.85. The van der Waals surface area contributed by atoms with Gasteiger partial charge in [0.15, 0.2) is 0 Å². The van der Waals surface area contributed by atoms with Gasteiger partial charge in [-0.1, -0.05) is 37.6 Å². The smallest absolute Gasteiger partial charge is 0.410 e. The number of hydrogen-bond donors (Lipinski definition) is 1. The van der Waals surface area contributed by atoms with Crippen LogP contribution in [0, 0.1) is 6.92 Å². The Labute approximate surface area is 169 Å². The van der Waals surface area contributed by atoms with Crippen LogP contribution in [0.25, 0.3) is 0 Å². The molecule has 0 unspecified atom stereocenters. The number of nitrogens with zero attached hydrogens (tertiary/aromatic N) is 2. The monoisotopic (exact) mass is 405 g/mol. The summed E-state index contributed by atoms with van der Waals surface area (Å²) in [5, 5.41) is 3.40. The van der Waals surface area contributed by atoms with Gasteiger partial charge in [-0.15, -0.1) is 0 Å². The molecule has 27 heavy (non-hydrogen) atoms. The molecule has 1 N–H and O–H groups in total. The van der Waals surface area contributed by atoms with Crippen LogP contribution in [0.15, 0.2) is 47.5 Å². The van der Waals surface area contributed by atoms with Crippen molar-refractivity contribution < 1.29 is 9.53 Å². The Hall–Kier alpha value is -2.18. The van der Waals surface area contributed by atoms with E-state index in [1.54, 1.807) is 18.5 Å². The first kappa shape index (κ1) is 21.1. The van der Waals surface area contributed by atoms with E-state index in [2.05, 4.69) is 24.2 Å². The number of aliphatic imine (C=N–C) groups is 1. The zero-order chi connectivity index (χ0) is 19.8. The molecular formula is C20H24ClN3O2S. The summed E-state index contributed by atoms with van der Waals surface area (Å²) in [4.78, 5) is 16.3. The predicted octanol–water partition coefficient (Wildman–Crippen LogP) is 5.76. The molecule has 0 atom stereocenters. The first-order chi connectivity index (χ1) is 12.8. The van der Waals surface area contributed by atoms with Gasteiger partial charge in [-0.25, -0.2) is 9.79 Å². The third kappa shape index (κ3) is 7.15. The van der Waals surface area contributed by atoms with Gasteiger partial charge < -0.3 is 14.4 Å². The van der Waals surface area contributed by atoms with E-state index >= 15 is 0 Å². The van der Waals surface area contributed by atoms with Crippen LogP contribution in [-0.4, -0.2) is 29.7 Å². The standard InChI is InChI=1S/C20H24ClN3O2S/c1-14(2)16-6-5-7-18(11-16)26-20(25)23-13-27-24(4)12-22-19-9-8-17(21)10-15(19)3/h5-12,14H,13H2,1-4H3,(H,23,25). The number of carbonyl (C=O) groups excluding carboxylic acids is 1. The van der Waals surface area contributed by atoms with E-state index in [0.29, 0.717) is 22.6 Å². The third-order valence-corrected chi connectivity index (χ3v) is 4.75. The number of halogens is 1. The third-order valence-electron chi connectivity index (χ3n) is 3.74. The molecule has 1 amide bonds. The van der Waals surface area contributed by atoms with Crippen LogP contribution in [0.3, 0.4) is 0 Å². The molecule has 0 bridgehead atoms. The van der Waals surface area contributed by atoms with Crippen molar-refractivity contribution in [2.75, 3.05) is 12.9 Å². The lowest BCUT2D eigenvalue weighted by Crippen LogP contribution is -2.28. The second-order valence-electron chi connectivity index (χ2n) is 6.29. The molecule has 0 saturated heterocycles. The van der Waals surface area contributed by atoms with Crippen LogP contribution in [-0.2, 0) is 0 Å². The number of ether oxygens (including phenoxy) is 1. The number of amides is 1. The normalized spacial score (nSPS) is 11.0. The first-order valence-electron chi connectivity index (χ1n) is 8.57. The van der Waals surface area contributed by atoms with E-state index in [-0.39, 0.29) is 0 Å². The SMILES string of the molecule is Cc1cc(Cl)ccc1N=CN(C)SCNC(=O)Oc1cccc(C(C)C)c1. The van der Waals surface area contributed by atoms with Crippen LogP contribution in [0.2, 0.25) is 5.02 Å². The van der Waals surface area contributed by atoms with Crippen LogP contribution < -0.4 is 10.1 Å². The largest absolute Gasteiger partial charge is 0.413 e. The van der Waals surface area contributed by atoms with Gasteiger partial charge in [0.05, 0.1) is 11.6 Å². The van der Waals surface area contributed by atoms with Crippen molar-refractivity contribution in [3.05, 3.63) is 58.6 Å². The lowest BCUT2D eigenvalue weighted by Gasteiger charge is -2.13. The summed E-state index contributed by atoms with van der Waals surface area (Å²) in [5.41, 5.74) is 2.98. The van der Waals surface area contributed by atoms with E-state index in [0.717, 1.165) is 16.8 Å². The summed E-state index contributed by atoms with van der Waals surface area (Å²) in [5.74, 6) is 1.28. The van der Waals surface area contributed by atoms with Gasteiger partial charge in [-0.2, -0.15) is 0 Å². The fourth-order valence-corrected chi connectivity index (χ4v) is 2.94. The second kappa shape index (κ2) is 10.2. The van der Waals surface area contributed by atoms with Gasteiger partial charge in [0, 0.05) is 12.1 Å². The minimum atomic E-state index is -0.484. The summed E-state index contributed by atoms with van der Waals surface area (Å²) in [6.07, 6.45) is 1.21. The molecule has 0 spiro atoms. The van der Waals surface area contributed by atoms with Crippen LogP contribution in [0.4, 0.5) is 10.5 Å². The highest BCUT2D eigenvalue weighted by molar-refractivity contribution is 7.97. The number of hydrogen-bond acceptors (Lipinski definition) is 4. The molecule has 0 fully saturated rings. The van der Waals surface area contributed by atoms with Gasteiger partial charge in [0.25, 0.3) is 0 Å². The Morgan fingerprint density at radius 2 is 2.11 bits per heavy atom. The van der Waals surface area contributed by atoms with Crippen LogP contribution >= 0.6 is 23.5 Å². The molecule has 0 heterocycles. The molecule has 0 aliphatic carbocycles. The molecule has 144 valence electrons. The highest BCUT2D eigenvalue weighted by Crippen LogP contribution is 2.22. The Kier molecular flexibility index (Phi) is 8.00. The Morgan fingerprint density at radius 1 is 1.33 bits per heavy atom. The van der Waals surface area contributed by atoms with Crippen molar-refractivity contribution in [2.24, 2.45) is 4.99 Å². The van der Waals surface area contributed by atoms with Gasteiger partial charge in [0.1, 0.15) is 12.1 Å². The Morgan fingerprint density at radius 3 is 2.81 bits per heavy atom. The lowest BCUT2D eigenvalue weighted by atomic mass is 10.0. The maximum atomic E-state index is 11.9. The number of carbonyl (C=O) groups is 1. The van der Waals surface area contributed by atoms with E-state index in [4.69, 9.17) is 16.3 Å². The van der Waals surface area contributed by atoms with E-state index in [1.165, 1.54) is 11.9 Å². The summed E-state index contributed by atoms with van der Waals surface area (Å²) < 4.78 is 7.13. The summed E-state index contributed by atoms with van der Waals surface area (Å²) in [7, 11) is 1.86. The Balaban J connectivity index is 1.77. The van der Waals surface area contributed by atoms with Crippen molar-refractivity contribution in [1.29, 1.82) is 0 Å². The van der Waals surface area contributed by atoms with E-state index in [1.807, 2.05) is 48.6 Å². The fourth-order valence-electron chi connectivity index (χ4n) is 2.21. The molecule has 0 saturated carbocycles. The molecule has 5 nitrogen and oxygen atoms in total. The van der Waals surface area contributed by atoms with Gasteiger partial charge in [0.2, 0.25) is 0 Å². The van der Waals surface area contributed by atoms with Gasteiger partial charge in [-0.3, -0.25) is 0 Å². The van der Waals surface area contributed by atoms with Crippen molar-refractivity contribution in [2.45, 2.75) is 26.7 Å².